The van der Waals surface area contributed by atoms with Crippen LogP contribution in [0, 0.1) is 5.82 Å². The van der Waals surface area contributed by atoms with Crippen LogP contribution in [-0.4, -0.2) is 42.3 Å². The highest BCUT2D eigenvalue weighted by atomic mass is 31.2. The van der Waals surface area contributed by atoms with Crippen LogP contribution in [0.1, 0.15) is 25.5 Å². The number of nitrogens with zero attached hydrogens (tertiary/aromatic N) is 1. The summed E-state index contributed by atoms with van der Waals surface area (Å²) in [5, 5.41) is 10.2. The second kappa shape index (κ2) is 5.33. The molecule has 2 aliphatic rings. The largest absolute Gasteiger partial charge is 0.469 e. The molecule has 1 aromatic rings. The molecule has 1 aliphatic carbocycles. The van der Waals surface area contributed by atoms with Crippen molar-refractivity contribution in [2.24, 2.45) is 0 Å². The van der Waals surface area contributed by atoms with Gasteiger partial charge in [-0.05, 0) is 12.8 Å². The van der Waals surface area contributed by atoms with Crippen LogP contribution in [-0.2, 0) is 13.8 Å². The number of phosphoric acid groups is 1. The maximum absolute atomic E-state index is 13.3. The van der Waals surface area contributed by atoms with Crippen molar-refractivity contribution in [2.75, 3.05) is 0 Å². The van der Waals surface area contributed by atoms with Crippen LogP contribution in [0.25, 0.3) is 0 Å². The molecular weight excluding hydrogens is 338 g/mol. The van der Waals surface area contributed by atoms with Crippen molar-refractivity contribution in [3.63, 3.8) is 0 Å². The summed E-state index contributed by atoms with van der Waals surface area (Å²) in [6.45, 7) is 0. The van der Waals surface area contributed by atoms with Crippen molar-refractivity contribution in [2.45, 2.75) is 43.3 Å². The SMILES string of the molecule is O=c1[nH]c(=O)n([C@H]2CC(O)[C@]3(CC[C@H]3OP(=O)(O)O)O2)cc1F. The number of ether oxygens (including phenoxy) is 1. The predicted molar refractivity (Wildman–Crippen MR) is 70.9 cm³/mol. The van der Waals surface area contributed by atoms with Gasteiger partial charge >= 0.3 is 13.5 Å². The minimum Gasteiger partial charge on any atom is -0.390 e. The van der Waals surface area contributed by atoms with E-state index in [0.717, 1.165) is 4.57 Å². The van der Waals surface area contributed by atoms with E-state index in [9.17, 15) is 23.7 Å². The van der Waals surface area contributed by atoms with E-state index in [1.54, 1.807) is 4.98 Å². The van der Waals surface area contributed by atoms with E-state index in [0.29, 0.717) is 6.20 Å². The Kier molecular flexibility index (Phi) is 3.82. The first-order valence-electron chi connectivity index (χ1n) is 6.73. The first kappa shape index (κ1) is 16.5. The number of halogens is 1. The van der Waals surface area contributed by atoms with Gasteiger partial charge in [-0.3, -0.25) is 18.9 Å². The number of aliphatic hydroxyl groups excluding tert-OH is 1. The van der Waals surface area contributed by atoms with Gasteiger partial charge in [0.05, 0.1) is 12.3 Å². The minimum atomic E-state index is -4.77. The number of hydrogen-bond donors (Lipinski definition) is 4. The van der Waals surface area contributed by atoms with Crippen molar-refractivity contribution in [1.29, 1.82) is 0 Å². The van der Waals surface area contributed by atoms with Gasteiger partial charge in [0, 0.05) is 6.42 Å². The molecule has 2 fully saturated rings. The molecule has 0 amide bonds. The normalized spacial score (nSPS) is 33.8. The lowest BCUT2D eigenvalue weighted by Gasteiger charge is -2.47. The maximum Gasteiger partial charge on any atom is 0.469 e. The Morgan fingerprint density at radius 1 is 1.48 bits per heavy atom. The molecule has 3 rings (SSSR count). The molecule has 1 spiro atoms. The van der Waals surface area contributed by atoms with Gasteiger partial charge in [-0.2, -0.15) is 4.39 Å². The van der Waals surface area contributed by atoms with E-state index in [-0.39, 0.29) is 19.3 Å². The Morgan fingerprint density at radius 2 is 2.17 bits per heavy atom. The second-order valence-corrected chi connectivity index (χ2v) is 6.74. The average Bonchev–Trinajstić information content (AvgIpc) is 2.78. The highest BCUT2D eigenvalue weighted by Crippen LogP contribution is 2.54. The molecule has 12 heteroatoms. The fraction of sp³-hybridized carbons (Fsp3) is 0.636. The highest BCUT2D eigenvalue weighted by Gasteiger charge is 2.61. The van der Waals surface area contributed by atoms with E-state index in [2.05, 4.69) is 4.52 Å². The van der Waals surface area contributed by atoms with Gasteiger partial charge in [-0.15, -0.1) is 0 Å². The first-order valence-corrected chi connectivity index (χ1v) is 8.26. The summed E-state index contributed by atoms with van der Waals surface area (Å²) in [4.78, 5) is 42.3. The van der Waals surface area contributed by atoms with Crippen molar-refractivity contribution >= 4 is 7.82 Å². The lowest BCUT2D eigenvalue weighted by Crippen LogP contribution is -2.58. The van der Waals surface area contributed by atoms with Crippen LogP contribution >= 0.6 is 7.82 Å². The lowest BCUT2D eigenvalue weighted by atomic mass is 9.73. The third-order valence-corrected chi connectivity index (χ3v) is 4.71. The molecule has 23 heavy (non-hydrogen) atoms. The number of rotatable bonds is 3. The molecule has 0 aromatic carbocycles. The summed E-state index contributed by atoms with van der Waals surface area (Å²) in [5.74, 6) is -1.19. The van der Waals surface area contributed by atoms with Gasteiger partial charge in [0.2, 0.25) is 5.82 Å². The Balaban J connectivity index is 1.87. The molecule has 10 nitrogen and oxygen atoms in total. The van der Waals surface area contributed by atoms with Crippen molar-refractivity contribution in [1.82, 2.24) is 9.55 Å². The molecule has 0 radical (unpaired) electrons. The van der Waals surface area contributed by atoms with Crippen LogP contribution in [0.2, 0.25) is 0 Å². The number of hydrogen-bond acceptors (Lipinski definition) is 6. The Bertz CT molecular complexity index is 787. The molecule has 4 atom stereocenters. The Hall–Kier alpha value is -1.36. The van der Waals surface area contributed by atoms with Crippen molar-refractivity contribution in [3.8, 4) is 0 Å². The molecule has 0 bridgehead atoms. The van der Waals surface area contributed by atoms with Gasteiger partial charge < -0.3 is 19.6 Å². The minimum absolute atomic E-state index is 0.119. The zero-order valence-corrected chi connectivity index (χ0v) is 12.5. The number of aliphatic hydroxyl groups is 1. The quantitative estimate of drug-likeness (QED) is 0.504. The van der Waals surface area contributed by atoms with E-state index in [4.69, 9.17) is 14.5 Å². The van der Waals surface area contributed by atoms with Gasteiger partial charge in [0.25, 0.3) is 5.56 Å². The van der Waals surface area contributed by atoms with E-state index >= 15 is 0 Å². The summed E-state index contributed by atoms with van der Waals surface area (Å²) in [6, 6.07) is 0. The average molecular weight is 352 g/mol. The van der Waals surface area contributed by atoms with Crippen LogP contribution in [0.3, 0.4) is 0 Å². The highest BCUT2D eigenvalue weighted by molar-refractivity contribution is 7.46. The van der Waals surface area contributed by atoms with Crippen LogP contribution in [0.4, 0.5) is 4.39 Å². The summed E-state index contributed by atoms with van der Waals surface area (Å²) >= 11 is 0. The van der Waals surface area contributed by atoms with E-state index < -0.39 is 48.9 Å². The lowest BCUT2D eigenvalue weighted by molar-refractivity contribution is -0.209. The van der Waals surface area contributed by atoms with Gasteiger partial charge in [0.15, 0.2) is 0 Å². The summed E-state index contributed by atoms with van der Waals surface area (Å²) in [5.41, 5.74) is -3.47. The summed E-state index contributed by atoms with van der Waals surface area (Å²) in [7, 11) is -4.77. The zero-order valence-electron chi connectivity index (χ0n) is 11.6. The molecule has 1 aromatic heterocycles. The smallest absolute Gasteiger partial charge is 0.390 e. The van der Waals surface area contributed by atoms with Crippen LogP contribution in [0.5, 0.6) is 0 Å². The monoisotopic (exact) mass is 352 g/mol. The van der Waals surface area contributed by atoms with Crippen molar-refractivity contribution < 1.29 is 33.1 Å². The van der Waals surface area contributed by atoms with E-state index in [1.165, 1.54) is 0 Å². The third-order valence-electron chi connectivity index (χ3n) is 4.19. The van der Waals surface area contributed by atoms with Gasteiger partial charge in [-0.25, -0.2) is 9.36 Å². The predicted octanol–water partition coefficient (Wildman–Crippen LogP) is -1.03. The summed E-state index contributed by atoms with van der Waals surface area (Å²) in [6.07, 6.45) is -2.25. The number of nitrogens with one attached hydrogen (secondary N) is 1. The molecule has 4 N–H and O–H groups in total. The molecule has 1 unspecified atom stereocenters. The molecule has 128 valence electrons. The molecular formula is C11H14FN2O8P. The number of aromatic nitrogens is 2. The molecule has 1 saturated heterocycles. The Morgan fingerprint density at radius 3 is 2.74 bits per heavy atom. The molecule has 2 heterocycles. The van der Waals surface area contributed by atoms with Gasteiger partial charge in [-0.1, -0.05) is 0 Å². The Labute approximate surface area is 127 Å². The fourth-order valence-corrected chi connectivity index (χ4v) is 3.60. The van der Waals surface area contributed by atoms with Crippen LogP contribution in [0.15, 0.2) is 15.8 Å². The van der Waals surface area contributed by atoms with Gasteiger partial charge in [0.1, 0.15) is 17.9 Å². The second-order valence-electron chi connectivity index (χ2n) is 5.55. The van der Waals surface area contributed by atoms with Crippen molar-refractivity contribution in [3.05, 3.63) is 32.9 Å². The standard InChI is InChI=1S/C11H14FN2O8P/c12-5-4-14(10(17)13-9(5)16)8-3-6(15)11(21-8)2-1-7(11)22-23(18,19)20/h4,6-8,15H,1-3H2,(H,13,16,17)(H2,18,19,20)/t6?,7-,8-,11+/m1/s1. The topological polar surface area (TPSA) is 151 Å². The summed E-state index contributed by atoms with van der Waals surface area (Å²) < 4.78 is 35.3. The third kappa shape index (κ3) is 2.80. The zero-order chi connectivity index (χ0) is 17.0. The maximum atomic E-state index is 13.3. The number of H-pyrrole nitrogens is 1. The molecule has 1 aliphatic heterocycles. The first-order chi connectivity index (χ1) is 10.6. The van der Waals surface area contributed by atoms with E-state index in [1.807, 2.05) is 0 Å². The number of phosphoric ester groups is 1. The van der Waals surface area contributed by atoms with Crippen LogP contribution < -0.4 is 11.2 Å². The fourth-order valence-electron chi connectivity index (χ4n) is 2.99. The molecule has 1 saturated carbocycles. The number of aromatic amines is 1.